The Morgan fingerprint density at radius 3 is 2.69 bits per heavy atom. The van der Waals surface area contributed by atoms with Crippen molar-refractivity contribution in [2.45, 2.75) is 59.8 Å². The quantitative estimate of drug-likeness (QED) is 0.826. The molecule has 2 amide bonds. The molecular formula is C20H31N3O3. The second kappa shape index (κ2) is 7.41. The van der Waals surface area contributed by atoms with Gasteiger partial charge in [0.15, 0.2) is 0 Å². The maximum atomic E-state index is 13.0. The van der Waals surface area contributed by atoms with Crippen LogP contribution in [0.1, 0.15) is 67.8 Å². The monoisotopic (exact) mass is 361 g/mol. The molecule has 0 unspecified atom stereocenters. The molecule has 1 spiro atoms. The van der Waals surface area contributed by atoms with Crippen molar-refractivity contribution in [3.63, 3.8) is 0 Å². The minimum absolute atomic E-state index is 0.0194. The molecule has 1 aromatic rings. The van der Waals surface area contributed by atoms with Crippen molar-refractivity contribution < 1.29 is 14.1 Å². The standard InChI is InChI=1S/C20H31N3O3/c1-14(2)7-11-22-12-20(9-6-17(22)24)8-5-10-23(13-20)19(25)18-15(3)21-26-16(18)4/h14H,5-13H2,1-4H3/t20-/m0/s1. The highest BCUT2D eigenvalue weighted by atomic mass is 16.5. The highest BCUT2D eigenvalue weighted by molar-refractivity contribution is 5.96. The molecule has 26 heavy (non-hydrogen) atoms. The average Bonchev–Trinajstić information content (AvgIpc) is 2.94. The fourth-order valence-electron chi connectivity index (χ4n) is 4.38. The number of likely N-dealkylation sites (tertiary alicyclic amines) is 2. The third-order valence-corrected chi connectivity index (χ3v) is 5.92. The molecule has 0 aromatic carbocycles. The first kappa shape index (κ1) is 18.9. The number of hydrogen-bond donors (Lipinski definition) is 0. The van der Waals surface area contributed by atoms with Crippen LogP contribution in [0.25, 0.3) is 0 Å². The van der Waals surface area contributed by atoms with E-state index in [0.29, 0.717) is 29.4 Å². The lowest BCUT2D eigenvalue weighted by molar-refractivity contribution is -0.139. The van der Waals surface area contributed by atoms with Crippen LogP contribution < -0.4 is 0 Å². The number of nitrogens with zero attached hydrogens (tertiary/aromatic N) is 3. The van der Waals surface area contributed by atoms with Crippen molar-refractivity contribution in [3.05, 3.63) is 17.0 Å². The first-order valence-corrected chi connectivity index (χ1v) is 9.81. The number of aromatic nitrogens is 1. The van der Waals surface area contributed by atoms with E-state index >= 15 is 0 Å². The number of aryl methyl sites for hydroxylation is 2. The maximum Gasteiger partial charge on any atom is 0.259 e. The van der Waals surface area contributed by atoms with E-state index in [2.05, 4.69) is 19.0 Å². The van der Waals surface area contributed by atoms with Gasteiger partial charge in [-0.3, -0.25) is 9.59 Å². The Morgan fingerprint density at radius 2 is 2.04 bits per heavy atom. The van der Waals surface area contributed by atoms with Gasteiger partial charge < -0.3 is 14.3 Å². The molecule has 6 nitrogen and oxygen atoms in total. The molecule has 3 heterocycles. The molecule has 0 aliphatic carbocycles. The summed E-state index contributed by atoms with van der Waals surface area (Å²) >= 11 is 0. The summed E-state index contributed by atoms with van der Waals surface area (Å²) < 4.78 is 5.18. The number of rotatable bonds is 4. The zero-order valence-electron chi connectivity index (χ0n) is 16.5. The van der Waals surface area contributed by atoms with Crippen molar-refractivity contribution in [2.75, 3.05) is 26.2 Å². The Morgan fingerprint density at radius 1 is 1.27 bits per heavy atom. The molecular weight excluding hydrogens is 330 g/mol. The summed E-state index contributed by atoms with van der Waals surface area (Å²) in [6.07, 6.45) is 4.59. The largest absolute Gasteiger partial charge is 0.361 e. The molecule has 1 aromatic heterocycles. The summed E-state index contributed by atoms with van der Waals surface area (Å²) in [5.74, 6) is 1.46. The summed E-state index contributed by atoms with van der Waals surface area (Å²) in [7, 11) is 0. The molecule has 0 radical (unpaired) electrons. The average molecular weight is 361 g/mol. The summed E-state index contributed by atoms with van der Waals surface area (Å²) in [6.45, 7) is 11.1. The summed E-state index contributed by atoms with van der Waals surface area (Å²) in [5, 5.41) is 3.92. The molecule has 2 aliphatic rings. The fraction of sp³-hybridized carbons (Fsp3) is 0.750. The van der Waals surface area contributed by atoms with Crippen LogP contribution in [-0.4, -0.2) is 52.9 Å². The van der Waals surface area contributed by atoms with Gasteiger partial charge in [0.25, 0.3) is 5.91 Å². The fourth-order valence-corrected chi connectivity index (χ4v) is 4.38. The van der Waals surface area contributed by atoms with Crippen LogP contribution in [0.2, 0.25) is 0 Å². The molecule has 6 heteroatoms. The molecule has 2 saturated heterocycles. The van der Waals surface area contributed by atoms with Crippen LogP contribution >= 0.6 is 0 Å². The Labute approximate surface area is 155 Å². The van der Waals surface area contributed by atoms with Gasteiger partial charge in [0.2, 0.25) is 5.91 Å². The van der Waals surface area contributed by atoms with E-state index in [1.807, 2.05) is 16.7 Å². The van der Waals surface area contributed by atoms with Gasteiger partial charge in [-0.15, -0.1) is 0 Å². The van der Waals surface area contributed by atoms with Gasteiger partial charge >= 0.3 is 0 Å². The molecule has 2 fully saturated rings. The lowest BCUT2D eigenvalue weighted by atomic mass is 9.73. The van der Waals surface area contributed by atoms with Crippen LogP contribution in [0.15, 0.2) is 4.52 Å². The highest BCUT2D eigenvalue weighted by Gasteiger charge is 2.43. The van der Waals surface area contributed by atoms with Crippen LogP contribution in [0.4, 0.5) is 0 Å². The zero-order chi connectivity index (χ0) is 18.9. The predicted octanol–water partition coefficient (Wildman–Crippen LogP) is 3.18. The maximum absolute atomic E-state index is 13.0. The Kier molecular flexibility index (Phi) is 5.39. The van der Waals surface area contributed by atoms with E-state index < -0.39 is 0 Å². The molecule has 2 aliphatic heterocycles. The molecule has 3 rings (SSSR count). The summed E-state index contributed by atoms with van der Waals surface area (Å²) in [4.78, 5) is 29.4. The Balaban J connectivity index is 1.72. The highest BCUT2D eigenvalue weighted by Crippen LogP contribution is 2.39. The number of hydrogen-bond acceptors (Lipinski definition) is 4. The molecule has 0 saturated carbocycles. The van der Waals surface area contributed by atoms with Crippen molar-refractivity contribution >= 4 is 11.8 Å². The molecule has 0 bridgehead atoms. The van der Waals surface area contributed by atoms with Crippen LogP contribution in [0, 0.1) is 25.2 Å². The first-order chi connectivity index (χ1) is 12.3. The van der Waals surface area contributed by atoms with E-state index in [1.165, 1.54) is 0 Å². The van der Waals surface area contributed by atoms with E-state index in [0.717, 1.165) is 51.9 Å². The molecule has 0 N–H and O–H groups in total. The van der Waals surface area contributed by atoms with Crippen molar-refractivity contribution in [1.29, 1.82) is 0 Å². The van der Waals surface area contributed by atoms with E-state index in [4.69, 9.17) is 4.52 Å². The van der Waals surface area contributed by atoms with E-state index in [1.54, 1.807) is 6.92 Å². The number of piperidine rings is 2. The Bertz CT molecular complexity index is 662. The number of carbonyl (C=O) groups is 2. The van der Waals surface area contributed by atoms with Gasteiger partial charge in [0.05, 0.1) is 5.69 Å². The minimum atomic E-state index is 0.0194. The summed E-state index contributed by atoms with van der Waals surface area (Å²) in [6, 6.07) is 0. The van der Waals surface area contributed by atoms with Crippen molar-refractivity contribution in [3.8, 4) is 0 Å². The zero-order valence-corrected chi connectivity index (χ0v) is 16.5. The minimum Gasteiger partial charge on any atom is -0.361 e. The van der Waals surface area contributed by atoms with Crippen molar-refractivity contribution in [2.24, 2.45) is 11.3 Å². The Hall–Kier alpha value is -1.85. The number of carbonyl (C=O) groups excluding carboxylic acids is 2. The van der Waals surface area contributed by atoms with Gasteiger partial charge in [-0.05, 0) is 45.4 Å². The smallest absolute Gasteiger partial charge is 0.259 e. The van der Waals surface area contributed by atoms with Crippen molar-refractivity contribution in [1.82, 2.24) is 15.0 Å². The second-order valence-corrected chi connectivity index (χ2v) is 8.53. The predicted molar refractivity (Wildman–Crippen MR) is 98.8 cm³/mol. The first-order valence-electron chi connectivity index (χ1n) is 9.81. The van der Waals surface area contributed by atoms with E-state index in [-0.39, 0.29) is 17.2 Å². The third kappa shape index (κ3) is 3.79. The molecule has 144 valence electrons. The third-order valence-electron chi connectivity index (χ3n) is 5.92. The van der Waals surface area contributed by atoms with E-state index in [9.17, 15) is 9.59 Å². The number of amides is 2. The topological polar surface area (TPSA) is 66.7 Å². The van der Waals surface area contributed by atoms with Gasteiger partial charge in [0.1, 0.15) is 11.3 Å². The van der Waals surface area contributed by atoms with Gasteiger partial charge in [-0.25, -0.2) is 0 Å². The van der Waals surface area contributed by atoms with Gasteiger partial charge in [-0.2, -0.15) is 0 Å². The van der Waals surface area contributed by atoms with Crippen LogP contribution in [0.3, 0.4) is 0 Å². The molecule has 1 atom stereocenters. The van der Waals surface area contributed by atoms with Crippen LogP contribution in [0.5, 0.6) is 0 Å². The summed E-state index contributed by atoms with van der Waals surface area (Å²) in [5.41, 5.74) is 1.30. The van der Waals surface area contributed by atoms with Gasteiger partial charge in [-0.1, -0.05) is 19.0 Å². The van der Waals surface area contributed by atoms with Gasteiger partial charge in [0, 0.05) is 38.0 Å². The normalized spacial score (nSPS) is 24.0. The SMILES string of the molecule is Cc1noc(C)c1C(=O)N1CCC[C@@]2(CCC(=O)N(CCC(C)C)C2)C1. The lowest BCUT2D eigenvalue weighted by Gasteiger charge is -2.48. The second-order valence-electron chi connectivity index (χ2n) is 8.53. The lowest BCUT2D eigenvalue weighted by Crippen LogP contribution is -2.55. The van der Waals surface area contributed by atoms with Crippen LogP contribution in [-0.2, 0) is 4.79 Å².